The molecule has 0 fully saturated rings. The maximum atomic E-state index is 12.0. The maximum Gasteiger partial charge on any atom is 0.275 e. The Hall–Kier alpha value is -2.37. The van der Waals surface area contributed by atoms with Gasteiger partial charge in [-0.3, -0.25) is 9.59 Å². The van der Waals surface area contributed by atoms with Crippen molar-refractivity contribution in [2.45, 2.75) is 46.6 Å². The van der Waals surface area contributed by atoms with Crippen LogP contribution in [0.25, 0.3) is 0 Å². The number of phenolic OH excluding ortho intramolecular Hbond substituents is 1. The van der Waals surface area contributed by atoms with Crippen LogP contribution in [0.5, 0.6) is 5.75 Å². The molecule has 1 unspecified atom stereocenters. The summed E-state index contributed by atoms with van der Waals surface area (Å²) in [6.07, 6.45) is 0.968. The Morgan fingerprint density at radius 1 is 1.36 bits per heavy atom. The van der Waals surface area contributed by atoms with E-state index in [2.05, 4.69) is 15.8 Å². The smallest absolute Gasteiger partial charge is 0.275 e. The number of phenols is 1. The standard InChI is InChI=1S/C16H23N3O3/c1-5-11(3)17-14(20)9-12(4)18-19-16(22)13-8-6-7-10(2)15(13)21/h6-8,11,21H,5,9H2,1-4H3,(H,17,20)(H,19,22)/b18-12+. The van der Waals surface area contributed by atoms with E-state index in [-0.39, 0.29) is 29.7 Å². The zero-order chi connectivity index (χ0) is 16.7. The minimum Gasteiger partial charge on any atom is -0.507 e. The Balaban J connectivity index is 2.61. The molecule has 0 aromatic heterocycles. The number of carbonyl (C=O) groups excluding carboxylic acids is 2. The van der Waals surface area contributed by atoms with Crippen molar-refractivity contribution in [3.8, 4) is 5.75 Å². The number of hydrogen-bond donors (Lipinski definition) is 3. The van der Waals surface area contributed by atoms with Gasteiger partial charge in [0.15, 0.2) is 0 Å². The average Bonchev–Trinajstić information content (AvgIpc) is 2.47. The fraction of sp³-hybridized carbons (Fsp3) is 0.438. The summed E-state index contributed by atoms with van der Waals surface area (Å²) in [7, 11) is 0. The van der Waals surface area contributed by atoms with Gasteiger partial charge in [-0.15, -0.1) is 0 Å². The van der Waals surface area contributed by atoms with Crippen LogP contribution in [0, 0.1) is 6.92 Å². The Kier molecular flexibility index (Phi) is 6.56. The Morgan fingerprint density at radius 3 is 2.68 bits per heavy atom. The molecule has 6 nitrogen and oxygen atoms in total. The molecule has 0 saturated carbocycles. The van der Waals surface area contributed by atoms with Crippen LogP contribution >= 0.6 is 0 Å². The number of carbonyl (C=O) groups is 2. The molecule has 1 aromatic carbocycles. The number of benzene rings is 1. The quantitative estimate of drug-likeness (QED) is 0.555. The van der Waals surface area contributed by atoms with Crippen molar-refractivity contribution in [2.24, 2.45) is 5.10 Å². The number of hydrazone groups is 1. The molecule has 22 heavy (non-hydrogen) atoms. The van der Waals surface area contributed by atoms with Crippen molar-refractivity contribution in [3.63, 3.8) is 0 Å². The molecule has 0 spiro atoms. The lowest BCUT2D eigenvalue weighted by atomic mass is 10.1. The summed E-state index contributed by atoms with van der Waals surface area (Å²) >= 11 is 0. The fourth-order valence-electron chi connectivity index (χ4n) is 1.75. The predicted octanol–water partition coefficient (Wildman–Crippen LogP) is 2.11. The summed E-state index contributed by atoms with van der Waals surface area (Å²) in [5.41, 5.74) is 3.60. The zero-order valence-electron chi connectivity index (χ0n) is 13.4. The molecular weight excluding hydrogens is 282 g/mol. The molecule has 1 aromatic rings. The van der Waals surface area contributed by atoms with Crippen LogP contribution in [-0.2, 0) is 4.79 Å². The number of amides is 2. The van der Waals surface area contributed by atoms with E-state index < -0.39 is 5.91 Å². The maximum absolute atomic E-state index is 12.0. The van der Waals surface area contributed by atoms with Crippen molar-refractivity contribution in [1.82, 2.24) is 10.7 Å². The van der Waals surface area contributed by atoms with Gasteiger partial charge in [-0.2, -0.15) is 5.10 Å². The first-order valence-electron chi connectivity index (χ1n) is 7.26. The van der Waals surface area contributed by atoms with Gasteiger partial charge in [-0.05, 0) is 38.8 Å². The lowest BCUT2D eigenvalue weighted by Crippen LogP contribution is -2.33. The van der Waals surface area contributed by atoms with E-state index in [0.717, 1.165) is 6.42 Å². The number of para-hydroxylation sites is 1. The first kappa shape index (κ1) is 17.7. The van der Waals surface area contributed by atoms with Gasteiger partial charge in [0, 0.05) is 11.8 Å². The van der Waals surface area contributed by atoms with Crippen LogP contribution in [0.2, 0.25) is 0 Å². The van der Waals surface area contributed by atoms with Gasteiger partial charge in [-0.25, -0.2) is 5.43 Å². The summed E-state index contributed by atoms with van der Waals surface area (Å²) in [5.74, 6) is -0.714. The Labute approximate surface area is 130 Å². The van der Waals surface area contributed by atoms with Crippen LogP contribution in [0.1, 0.15) is 49.5 Å². The number of nitrogens with one attached hydrogen (secondary N) is 2. The largest absolute Gasteiger partial charge is 0.507 e. The SMILES string of the molecule is CCC(C)NC(=O)C/C(C)=N/NC(=O)c1cccc(C)c1O. The molecular formula is C16H23N3O3. The average molecular weight is 305 g/mol. The van der Waals surface area contributed by atoms with Crippen LogP contribution in [-0.4, -0.2) is 28.7 Å². The monoisotopic (exact) mass is 305 g/mol. The van der Waals surface area contributed by atoms with Gasteiger partial charge in [0.25, 0.3) is 5.91 Å². The van der Waals surface area contributed by atoms with Gasteiger partial charge in [-0.1, -0.05) is 19.1 Å². The predicted molar refractivity (Wildman–Crippen MR) is 85.9 cm³/mol. The fourth-order valence-corrected chi connectivity index (χ4v) is 1.75. The Bertz CT molecular complexity index is 582. The number of nitrogens with zero attached hydrogens (tertiary/aromatic N) is 1. The minimum atomic E-state index is -0.511. The van der Waals surface area contributed by atoms with Crippen molar-refractivity contribution >= 4 is 17.5 Å². The highest BCUT2D eigenvalue weighted by molar-refractivity contribution is 6.01. The van der Waals surface area contributed by atoms with Crippen LogP contribution in [0.15, 0.2) is 23.3 Å². The molecule has 120 valence electrons. The van der Waals surface area contributed by atoms with Crippen LogP contribution in [0.3, 0.4) is 0 Å². The molecule has 0 heterocycles. The van der Waals surface area contributed by atoms with E-state index in [4.69, 9.17) is 0 Å². The van der Waals surface area contributed by atoms with Gasteiger partial charge in [0.2, 0.25) is 5.91 Å². The van der Waals surface area contributed by atoms with E-state index in [9.17, 15) is 14.7 Å². The molecule has 1 rings (SSSR count). The molecule has 0 radical (unpaired) electrons. The zero-order valence-corrected chi connectivity index (χ0v) is 13.4. The molecule has 0 aliphatic rings. The molecule has 0 aliphatic heterocycles. The lowest BCUT2D eigenvalue weighted by Gasteiger charge is -2.11. The molecule has 6 heteroatoms. The van der Waals surface area contributed by atoms with Gasteiger partial charge < -0.3 is 10.4 Å². The van der Waals surface area contributed by atoms with E-state index in [1.54, 1.807) is 26.0 Å². The first-order valence-corrected chi connectivity index (χ1v) is 7.26. The van der Waals surface area contributed by atoms with E-state index >= 15 is 0 Å². The molecule has 2 amide bonds. The normalized spacial score (nSPS) is 12.6. The topological polar surface area (TPSA) is 90.8 Å². The van der Waals surface area contributed by atoms with Crippen molar-refractivity contribution in [1.29, 1.82) is 0 Å². The molecule has 0 saturated heterocycles. The van der Waals surface area contributed by atoms with Gasteiger partial charge >= 0.3 is 0 Å². The van der Waals surface area contributed by atoms with Crippen molar-refractivity contribution < 1.29 is 14.7 Å². The Morgan fingerprint density at radius 2 is 2.05 bits per heavy atom. The first-order chi connectivity index (χ1) is 10.3. The van der Waals surface area contributed by atoms with Crippen molar-refractivity contribution in [3.05, 3.63) is 29.3 Å². The highest BCUT2D eigenvalue weighted by Gasteiger charge is 2.12. The van der Waals surface area contributed by atoms with Crippen LogP contribution in [0.4, 0.5) is 0 Å². The minimum absolute atomic E-state index is 0.0673. The third kappa shape index (κ3) is 5.20. The van der Waals surface area contributed by atoms with Gasteiger partial charge in [0.05, 0.1) is 12.0 Å². The highest BCUT2D eigenvalue weighted by Crippen LogP contribution is 2.20. The second kappa shape index (κ2) is 8.17. The third-order valence-corrected chi connectivity index (χ3v) is 3.27. The second-order valence-electron chi connectivity index (χ2n) is 5.31. The number of rotatable bonds is 6. The number of hydrogen-bond acceptors (Lipinski definition) is 4. The van der Waals surface area contributed by atoms with Gasteiger partial charge in [0.1, 0.15) is 5.75 Å². The van der Waals surface area contributed by atoms with E-state index in [1.165, 1.54) is 6.07 Å². The molecule has 3 N–H and O–H groups in total. The van der Waals surface area contributed by atoms with Crippen molar-refractivity contribution in [2.75, 3.05) is 0 Å². The second-order valence-corrected chi connectivity index (χ2v) is 5.31. The molecule has 0 bridgehead atoms. The summed E-state index contributed by atoms with van der Waals surface area (Å²) in [4.78, 5) is 23.6. The summed E-state index contributed by atoms with van der Waals surface area (Å²) in [6, 6.07) is 5.01. The summed E-state index contributed by atoms with van der Waals surface area (Å²) in [5, 5.41) is 16.5. The number of aryl methyl sites for hydroxylation is 1. The van der Waals surface area contributed by atoms with Crippen LogP contribution < -0.4 is 10.7 Å². The molecule has 1 atom stereocenters. The van der Waals surface area contributed by atoms with E-state index in [0.29, 0.717) is 11.3 Å². The number of aromatic hydroxyl groups is 1. The molecule has 0 aliphatic carbocycles. The lowest BCUT2D eigenvalue weighted by molar-refractivity contribution is -0.120. The van der Waals surface area contributed by atoms with E-state index in [1.807, 2.05) is 13.8 Å². The third-order valence-electron chi connectivity index (χ3n) is 3.27. The summed E-state index contributed by atoms with van der Waals surface area (Å²) < 4.78 is 0. The summed E-state index contributed by atoms with van der Waals surface area (Å²) in [6.45, 7) is 7.28. The highest BCUT2D eigenvalue weighted by atomic mass is 16.3.